The maximum atomic E-state index is 12.2. The number of carbonyl (C=O) groups excluding carboxylic acids is 1. The van der Waals surface area contributed by atoms with Crippen molar-refractivity contribution in [3.63, 3.8) is 0 Å². The van der Waals surface area contributed by atoms with Crippen LogP contribution in [-0.2, 0) is 0 Å². The molecule has 0 spiro atoms. The van der Waals surface area contributed by atoms with E-state index in [1.165, 1.54) is 25.7 Å². The van der Waals surface area contributed by atoms with Gasteiger partial charge >= 0.3 is 0 Å². The van der Waals surface area contributed by atoms with E-state index in [9.17, 15) is 4.79 Å². The topological polar surface area (TPSA) is 55.1 Å². The summed E-state index contributed by atoms with van der Waals surface area (Å²) < 4.78 is 0. The van der Waals surface area contributed by atoms with E-state index < -0.39 is 0 Å². The first-order chi connectivity index (χ1) is 9.08. The number of anilines is 1. The molecule has 1 aliphatic carbocycles. The Morgan fingerprint density at radius 1 is 1.42 bits per heavy atom. The largest absolute Gasteiger partial charge is 0.398 e. The fourth-order valence-corrected chi connectivity index (χ4v) is 3.18. The number of benzene rings is 1. The number of nitrogens with one attached hydrogen (secondary N) is 1. The molecule has 0 aromatic heterocycles. The van der Waals surface area contributed by atoms with E-state index in [0.29, 0.717) is 22.8 Å². The number of carbonyl (C=O) groups is 1. The van der Waals surface area contributed by atoms with Gasteiger partial charge in [0.05, 0.1) is 10.6 Å². The Kier molecular flexibility index (Phi) is 4.35. The number of nitrogen functional groups attached to an aromatic ring is 1. The first-order valence-corrected chi connectivity index (χ1v) is 7.28. The van der Waals surface area contributed by atoms with Gasteiger partial charge in [0.1, 0.15) is 0 Å². The van der Waals surface area contributed by atoms with Crippen molar-refractivity contribution in [3.05, 3.63) is 28.8 Å². The van der Waals surface area contributed by atoms with Gasteiger partial charge in [0.25, 0.3) is 5.91 Å². The minimum Gasteiger partial charge on any atom is -0.398 e. The zero-order chi connectivity index (χ0) is 13.9. The van der Waals surface area contributed by atoms with E-state index in [1.54, 1.807) is 18.2 Å². The summed E-state index contributed by atoms with van der Waals surface area (Å²) in [4.78, 5) is 12.2. The van der Waals surface area contributed by atoms with Crippen molar-refractivity contribution in [3.8, 4) is 0 Å². The molecule has 3 nitrogen and oxygen atoms in total. The lowest BCUT2D eigenvalue weighted by atomic mass is 9.83. The van der Waals surface area contributed by atoms with Crippen LogP contribution in [0.3, 0.4) is 0 Å². The van der Waals surface area contributed by atoms with Gasteiger partial charge in [0.2, 0.25) is 0 Å². The van der Waals surface area contributed by atoms with Crippen LogP contribution in [0.4, 0.5) is 5.69 Å². The highest BCUT2D eigenvalue weighted by Crippen LogP contribution is 2.40. The van der Waals surface area contributed by atoms with E-state index in [1.807, 2.05) is 0 Å². The molecule has 1 aromatic rings. The van der Waals surface area contributed by atoms with Crippen LogP contribution in [0.15, 0.2) is 18.2 Å². The molecule has 1 amide bonds. The number of hydrogen-bond donors (Lipinski definition) is 2. The lowest BCUT2D eigenvalue weighted by Crippen LogP contribution is -2.36. The Bertz CT molecular complexity index is 447. The van der Waals surface area contributed by atoms with Crippen molar-refractivity contribution < 1.29 is 4.79 Å². The van der Waals surface area contributed by atoms with Crippen LogP contribution in [0.25, 0.3) is 0 Å². The van der Waals surface area contributed by atoms with Crippen LogP contribution < -0.4 is 11.1 Å². The van der Waals surface area contributed by atoms with E-state index in [0.717, 1.165) is 6.42 Å². The molecule has 0 aliphatic heterocycles. The maximum absolute atomic E-state index is 12.2. The summed E-state index contributed by atoms with van der Waals surface area (Å²) in [6.07, 6.45) is 6.02. The Hall–Kier alpha value is -1.22. The SMILES string of the molecule is CCC1(CNC(=O)c2c(N)cccc2Cl)CCCC1. The van der Waals surface area contributed by atoms with Crippen LogP contribution in [0.5, 0.6) is 0 Å². The third kappa shape index (κ3) is 3.03. The fourth-order valence-electron chi connectivity index (χ4n) is 2.92. The van der Waals surface area contributed by atoms with Crippen molar-refractivity contribution in [2.75, 3.05) is 12.3 Å². The lowest BCUT2D eigenvalue weighted by Gasteiger charge is -2.27. The molecule has 0 heterocycles. The summed E-state index contributed by atoms with van der Waals surface area (Å²) in [5.41, 5.74) is 6.92. The Balaban J connectivity index is 2.05. The second kappa shape index (κ2) is 5.83. The quantitative estimate of drug-likeness (QED) is 0.828. The molecular formula is C15H21ClN2O. The van der Waals surface area contributed by atoms with Crippen molar-refractivity contribution in [1.82, 2.24) is 5.32 Å². The number of nitrogens with two attached hydrogens (primary N) is 1. The average molecular weight is 281 g/mol. The summed E-state index contributed by atoms with van der Waals surface area (Å²) in [6, 6.07) is 5.14. The van der Waals surface area contributed by atoms with Gasteiger partial charge in [-0.25, -0.2) is 0 Å². The van der Waals surface area contributed by atoms with Crippen molar-refractivity contribution in [2.45, 2.75) is 39.0 Å². The lowest BCUT2D eigenvalue weighted by molar-refractivity contribution is 0.0930. The van der Waals surface area contributed by atoms with Crippen LogP contribution >= 0.6 is 11.6 Å². The Labute approximate surface area is 119 Å². The van der Waals surface area contributed by atoms with E-state index >= 15 is 0 Å². The van der Waals surface area contributed by atoms with Gasteiger partial charge in [0, 0.05) is 12.2 Å². The van der Waals surface area contributed by atoms with Gasteiger partial charge in [-0.1, -0.05) is 37.4 Å². The minimum absolute atomic E-state index is 0.164. The highest BCUT2D eigenvalue weighted by atomic mass is 35.5. The number of halogens is 1. The molecule has 19 heavy (non-hydrogen) atoms. The van der Waals surface area contributed by atoms with Gasteiger partial charge < -0.3 is 11.1 Å². The molecule has 1 fully saturated rings. The highest BCUT2D eigenvalue weighted by molar-refractivity contribution is 6.34. The fraction of sp³-hybridized carbons (Fsp3) is 0.533. The molecule has 2 rings (SSSR count). The first kappa shape index (κ1) is 14.2. The molecular weight excluding hydrogens is 260 g/mol. The number of rotatable bonds is 4. The predicted molar refractivity (Wildman–Crippen MR) is 79.4 cm³/mol. The Morgan fingerprint density at radius 3 is 2.68 bits per heavy atom. The predicted octanol–water partition coefficient (Wildman–Crippen LogP) is 3.62. The molecule has 4 heteroatoms. The third-order valence-electron chi connectivity index (χ3n) is 4.31. The third-order valence-corrected chi connectivity index (χ3v) is 4.63. The van der Waals surface area contributed by atoms with Crippen LogP contribution in [0, 0.1) is 5.41 Å². The smallest absolute Gasteiger partial charge is 0.254 e. The summed E-state index contributed by atoms with van der Waals surface area (Å²) in [5, 5.41) is 3.42. The van der Waals surface area contributed by atoms with E-state index in [2.05, 4.69) is 12.2 Å². The summed E-state index contributed by atoms with van der Waals surface area (Å²) in [6.45, 7) is 2.91. The Morgan fingerprint density at radius 2 is 2.11 bits per heavy atom. The van der Waals surface area contributed by atoms with Gasteiger partial charge in [-0.05, 0) is 36.8 Å². The summed E-state index contributed by atoms with van der Waals surface area (Å²) in [7, 11) is 0. The number of amides is 1. The molecule has 3 N–H and O–H groups in total. The molecule has 0 saturated heterocycles. The first-order valence-electron chi connectivity index (χ1n) is 6.90. The molecule has 1 aromatic carbocycles. The maximum Gasteiger partial charge on any atom is 0.254 e. The molecule has 0 atom stereocenters. The highest BCUT2D eigenvalue weighted by Gasteiger charge is 2.32. The number of hydrogen-bond acceptors (Lipinski definition) is 2. The summed E-state index contributed by atoms with van der Waals surface area (Å²) in [5.74, 6) is -0.164. The normalized spacial score (nSPS) is 17.4. The average Bonchev–Trinajstić information content (AvgIpc) is 2.86. The van der Waals surface area contributed by atoms with Gasteiger partial charge in [-0.15, -0.1) is 0 Å². The van der Waals surface area contributed by atoms with Gasteiger partial charge in [-0.3, -0.25) is 4.79 Å². The van der Waals surface area contributed by atoms with Gasteiger partial charge in [0.15, 0.2) is 0 Å². The van der Waals surface area contributed by atoms with Crippen LogP contribution in [-0.4, -0.2) is 12.5 Å². The van der Waals surface area contributed by atoms with Crippen molar-refractivity contribution in [2.24, 2.45) is 5.41 Å². The van der Waals surface area contributed by atoms with Crippen molar-refractivity contribution in [1.29, 1.82) is 0 Å². The molecule has 104 valence electrons. The molecule has 0 bridgehead atoms. The van der Waals surface area contributed by atoms with Crippen LogP contribution in [0.1, 0.15) is 49.4 Å². The molecule has 0 radical (unpaired) electrons. The second-order valence-electron chi connectivity index (χ2n) is 5.45. The molecule has 1 aliphatic rings. The minimum atomic E-state index is -0.164. The monoisotopic (exact) mass is 280 g/mol. The molecule has 1 saturated carbocycles. The second-order valence-corrected chi connectivity index (χ2v) is 5.85. The zero-order valence-corrected chi connectivity index (χ0v) is 12.1. The zero-order valence-electron chi connectivity index (χ0n) is 11.3. The molecule has 0 unspecified atom stereocenters. The standard InChI is InChI=1S/C15H21ClN2O/c1-2-15(8-3-4-9-15)10-18-14(19)13-11(16)6-5-7-12(13)17/h5-7H,2-4,8-10,17H2,1H3,(H,18,19). The summed E-state index contributed by atoms with van der Waals surface area (Å²) >= 11 is 6.05. The van der Waals surface area contributed by atoms with E-state index in [4.69, 9.17) is 17.3 Å². The van der Waals surface area contributed by atoms with E-state index in [-0.39, 0.29) is 11.3 Å². The van der Waals surface area contributed by atoms with Gasteiger partial charge in [-0.2, -0.15) is 0 Å². The van der Waals surface area contributed by atoms with Crippen molar-refractivity contribution >= 4 is 23.2 Å². The van der Waals surface area contributed by atoms with Crippen LogP contribution in [0.2, 0.25) is 5.02 Å².